The van der Waals surface area contributed by atoms with Gasteiger partial charge in [-0.2, -0.15) is 10.2 Å². The smallest absolute Gasteiger partial charge is 0.317 e. The molecule has 10 heteroatoms. The Morgan fingerprint density at radius 2 is 1.41 bits per heavy atom. The summed E-state index contributed by atoms with van der Waals surface area (Å²) in [5.74, 6) is 0. The van der Waals surface area contributed by atoms with Crippen LogP contribution in [-0.4, -0.2) is 58.5 Å². The molecule has 9 nitrogen and oxygen atoms in total. The lowest BCUT2D eigenvalue weighted by molar-refractivity contribution is 0.194. The van der Waals surface area contributed by atoms with E-state index in [9.17, 15) is 4.79 Å². The van der Waals surface area contributed by atoms with E-state index in [-0.39, 0.29) is 18.4 Å². The summed E-state index contributed by atoms with van der Waals surface area (Å²) in [6.07, 6.45) is 1.87. The fourth-order valence-corrected chi connectivity index (χ4v) is 4.52. The Morgan fingerprint density at radius 1 is 0.865 bits per heavy atom. The maximum Gasteiger partial charge on any atom is 0.317 e. The van der Waals surface area contributed by atoms with Crippen LogP contribution >= 0.6 is 12.4 Å². The minimum absolute atomic E-state index is 0. The van der Waals surface area contributed by atoms with Crippen LogP contribution in [0.25, 0.3) is 22.5 Å². The third kappa shape index (κ3) is 6.37. The van der Waals surface area contributed by atoms with Crippen molar-refractivity contribution in [1.82, 2.24) is 35.9 Å². The molecule has 0 saturated carbocycles. The molecular formula is C27H35ClN8O. The molecule has 0 fully saturated rings. The van der Waals surface area contributed by atoms with Gasteiger partial charge in [-0.15, -0.1) is 12.4 Å². The van der Waals surface area contributed by atoms with Gasteiger partial charge in [0.2, 0.25) is 0 Å². The highest BCUT2D eigenvalue weighted by Gasteiger charge is 2.25. The van der Waals surface area contributed by atoms with E-state index in [0.717, 1.165) is 60.7 Å². The predicted molar refractivity (Wildman–Crippen MR) is 149 cm³/mol. The second-order valence-electron chi connectivity index (χ2n) is 8.44. The monoisotopic (exact) mass is 522 g/mol. The Hall–Kier alpha value is -3.66. The number of nitrogens with one attached hydrogen (secondary N) is 4. The number of nitrogens with two attached hydrogens (primary N) is 1. The third-order valence-electron chi connectivity index (χ3n) is 6.34. The molecule has 2 aromatic carbocycles. The zero-order valence-electron chi connectivity index (χ0n) is 21.3. The van der Waals surface area contributed by atoms with Crippen LogP contribution in [0.1, 0.15) is 22.5 Å². The van der Waals surface area contributed by atoms with Crippen LogP contribution in [0.2, 0.25) is 0 Å². The number of aromatic amines is 2. The molecule has 37 heavy (non-hydrogen) atoms. The van der Waals surface area contributed by atoms with E-state index in [0.29, 0.717) is 6.54 Å². The molecular weight excluding hydrogens is 488 g/mol. The van der Waals surface area contributed by atoms with Crippen molar-refractivity contribution < 1.29 is 4.79 Å². The molecule has 0 bridgehead atoms. The first kappa shape index (κ1) is 27.9. The van der Waals surface area contributed by atoms with Crippen LogP contribution in [0.15, 0.2) is 60.7 Å². The zero-order chi connectivity index (χ0) is 25.3. The second-order valence-corrected chi connectivity index (χ2v) is 8.44. The number of hydrogen-bond acceptors (Lipinski definition) is 5. The summed E-state index contributed by atoms with van der Waals surface area (Å²) in [7, 11) is 3.16. The van der Waals surface area contributed by atoms with E-state index in [1.165, 1.54) is 23.9 Å². The van der Waals surface area contributed by atoms with Crippen LogP contribution in [0, 0.1) is 0 Å². The first-order valence-electron chi connectivity index (χ1n) is 12.2. The van der Waals surface area contributed by atoms with Gasteiger partial charge in [-0.3, -0.25) is 10.2 Å². The molecule has 0 atom stereocenters. The first-order chi connectivity index (χ1) is 17.7. The van der Waals surface area contributed by atoms with Crippen molar-refractivity contribution in [2.45, 2.75) is 25.9 Å². The van der Waals surface area contributed by atoms with E-state index >= 15 is 0 Å². The zero-order valence-corrected chi connectivity index (χ0v) is 22.1. The molecule has 0 aliphatic carbocycles. The number of H-pyrrole nitrogens is 2. The average Bonchev–Trinajstić information content (AvgIpc) is 3.59. The van der Waals surface area contributed by atoms with Crippen molar-refractivity contribution in [1.29, 1.82) is 0 Å². The molecule has 0 spiro atoms. The standard InChI is InChI=1S/C14H16N4O.C12H13N3.CH5N.ClH/c1-15-14(19)18-8-7-12-11(9-18)13(17-16-12)10-5-3-2-4-6-10;1-2-4-9(5-3-1)12-10-8-13-7-6-11(10)14-15-12;1-2;/h2-6H,7-9H2,1H3,(H,15,19)(H,16,17);1-5,13H,6-8H2,(H,14,15);2H2,1H3;1H. The van der Waals surface area contributed by atoms with Crippen molar-refractivity contribution in [2.24, 2.45) is 5.73 Å². The lowest BCUT2D eigenvalue weighted by Gasteiger charge is -2.26. The molecule has 4 aromatic rings. The average molecular weight is 523 g/mol. The van der Waals surface area contributed by atoms with E-state index in [2.05, 4.69) is 48.9 Å². The normalized spacial score (nSPS) is 13.4. The number of amides is 2. The quantitative estimate of drug-likeness (QED) is 0.275. The fourth-order valence-electron chi connectivity index (χ4n) is 4.52. The lowest BCUT2D eigenvalue weighted by Crippen LogP contribution is -2.41. The molecule has 196 valence electrons. The van der Waals surface area contributed by atoms with Gasteiger partial charge in [0.1, 0.15) is 0 Å². The first-order valence-corrected chi connectivity index (χ1v) is 12.2. The molecule has 2 aliphatic heterocycles. The number of carbonyl (C=O) groups is 1. The molecule has 2 aliphatic rings. The molecule has 0 saturated heterocycles. The maximum atomic E-state index is 11.7. The van der Waals surface area contributed by atoms with Gasteiger partial charge in [-0.1, -0.05) is 60.7 Å². The van der Waals surface area contributed by atoms with E-state index in [1.54, 1.807) is 7.05 Å². The molecule has 2 aromatic heterocycles. The number of fused-ring (bicyclic) bond motifs is 2. The maximum absolute atomic E-state index is 11.7. The van der Waals surface area contributed by atoms with Crippen LogP contribution < -0.4 is 16.4 Å². The van der Waals surface area contributed by atoms with Crippen molar-refractivity contribution in [3.05, 3.63) is 83.2 Å². The van der Waals surface area contributed by atoms with Crippen LogP contribution in [-0.2, 0) is 25.9 Å². The van der Waals surface area contributed by atoms with Gasteiger partial charge in [-0.25, -0.2) is 4.79 Å². The summed E-state index contributed by atoms with van der Waals surface area (Å²) < 4.78 is 0. The van der Waals surface area contributed by atoms with Gasteiger partial charge >= 0.3 is 6.03 Å². The number of rotatable bonds is 2. The summed E-state index contributed by atoms with van der Waals surface area (Å²) in [5, 5.41) is 21.1. The number of hydrogen-bond donors (Lipinski definition) is 5. The number of carbonyl (C=O) groups excluding carboxylic acids is 1. The number of halogens is 1. The summed E-state index contributed by atoms with van der Waals surface area (Å²) >= 11 is 0. The van der Waals surface area contributed by atoms with Crippen molar-refractivity contribution >= 4 is 18.4 Å². The van der Waals surface area contributed by atoms with E-state index in [4.69, 9.17) is 0 Å². The van der Waals surface area contributed by atoms with Crippen LogP contribution in [0.5, 0.6) is 0 Å². The van der Waals surface area contributed by atoms with Gasteiger partial charge in [-0.05, 0) is 7.05 Å². The minimum Gasteiger partial charge on any atom is -0.341 e. The van der Waals surface area contributed by atoms with Crippen molar-refractivity contribution in [3.63, 3.8) is 0 Å². The SMILES string of the molecule is CN.CNC(=O)N1CCc2[nH]nc(-c3ccccc3)c2C1.Cl.c1ccc(-c2n[nH]c3c2CNCC3)cc1. The summed E-state index contributed by atoms with van der Waals surface area (Å²) in [6.45, 7) is 3.30. The van der Waals surface area contributed by atoms with Crippen LogP contribution in [0.4, 0.5) is 4.79 Å². The summed E-state index contributed by atoms with van der Waals surface area (Å²) in [4.78, 5) is 13.5. The Morgan fingerprint density at radius 3 is 1.97 bits per heavy atom. The summed E-state index contributed by atoms with van der Waals surface area (Å²) in [6, 6.07) is 20.3. The van der Waals surface area contributed by atoms with Crippen molar-refractivity contribution in [3.8, 4) is 22.5 Å². The van der Waals surface area contributed by atoms with Gasteiger partial charge in [0.05, 0.1) is 17.9 Å². The highest BCUT2D eigenvalue weighted by molar-refractivity contribution is 5.85. The Labute approximate surface area is 223 Å². The fraction of sp³-hybridized carbons (Fsp3) is 0.296. The molecule has 6 rings (SSSR count). The second kappa shape index (κ2) is 13.6. The Kier molecular flexibility index (Phi) is 10.3. The van der Waals surface area contributed by atoms with E-state index in [1.807, 2.05) is 53.4 Å². The third-order valence-corrected chi connectivity index (χ3v) is 6.34. The number of aromatic nitrogens is 4. The van der Waals surface area contributed by atoms with Crippen molar-refractivity contribution in [2.75, 3.05) is 27.2 Å². The Balaban J connectivity index is 0.000000192. The molecule has 0 unspecified atom stereocenters. The highest BCUT2D eigenvalue weighted by Crippen LogP contribution is 2.28. The molecule has 2 amide bonds. The number of nitrogens with zero attached hydrogens (tertiary/aromatic N) is 3. The largest absolute Gasteiger partial charge is 0.341 e. The number of benzene rings is 2. The van der Waals surface area contributed by atoms with E-state index < -0.39 is 0 Å². The van der Waals surface area contributed by atoms with Gasteiger partial charge in [0.25, 0.3) is 0 Å². The van der Waals surface area contributed by atoms with Gasteiger partial charge in [0, 0.05) is 73.2 Å². The van der Waals surface area contributed by atoms with Crippen LogP contribution in [0.3, 0.4) is 0 Å². The van der Waals surface area contributed by atoms with Gasteiger partial charge < -0.3 is 21.3 Å². The van der Waals surface area contributed by atoms with Gasteiger partial charge in [0.15, 0.2) is 0 Å². The highest BCUT2D eigenvalue weighted by atomic mass is 35.5. The topological polar surface area (TPSA) is 128 Å². The Bertz CT molecular complexity index is 1260. The lowest BCUT2D eigenvalue weighted by atomic mass is 10.0. The molecule has 4 heterocycles. The molecule has 0 radical (unpaired) electrons. The summed E-state index contributed by atoms with van der Waals surface area (Å²) in [5.41, 5.74) is 13.7. The number of urea groups is 1. The minimum atomic E-state index is -0.0362. The predicted octanol–water partition coefficient (Wildman–Crippen LogP) is 3.49. The molecule has 6 N–H and O–H groups in total.